The van der Waals surface area contributed by atoms with Gasteiger partial charge in [-0.25, -0.2) is 0 Å². The van der Waals surface area contributed by atoms with Crippen molar-refractivity contribution >= 4 is 11.8 Å². The molecule has 0 saturated heterocycles. The van der Waals surface area contributed by atoms with Gasteiger partial charge in [0.2, 0.25) is 5.78 Å². The molecule has 3 nitrogen and oxygen atoms in total. The van der Waals surface area contributed by atoms with E-state index in [-0.39, 0.29) is 17.5 Å². The normalized spacial score (nSPS) is 15.5. The molecule has 0 bridgehead atoms. The first kappa shape index (κ1) is 9.71. The van der Waals surface area contributed by atoms with Crippen LogP contribution in [0.3, 0.4) is 0 Å². The Balaban J connectivity index is 2.52. The average molecular weight is 180 g/mol. The molecule has 0 aromatic carbocycles. The Morgan fingerprint density at radius 2 is 2.38 bits per heavy atom. The SMILES string of the molecule is CCCC(=O)OC1=CC=CCC1=O. The number of Topliss-reactive ketones (excluding diaryl/α,β-unsaturated/α-hetero) is 1. The summed E-state index contributed by atoms with van der Waals surface area (Å²) in [7, 11) is 0. The van der Waals surface area contributed by atoms with Gasteiger partial charge in [0.15, 0.2) is 5.76 Å². The molecule has 1 aliphatic carbocycles. The summed E-state index contributed by atoms with van der Waals surface area (Å²) in [6.07, 6.45) is 6.39. The van der Waals surface area contributed by atoms with Crippen LogP contribution in [-0.4, -0.2) is 11.8 Å². The van der Waals surface area contributed by atoms with Crippen molar-refractivity contribution in [3.63, 3.8) is 0 Å². The highest BCUT2D eigenvalue weighted by Crippen LogP contribution is 2.10. The predicted molar refractivity (Wildman–Crippen MR) is 47.8 cm³/mol. The molecule has 0 heterocycles. The molecule has 0 aromatic rings. The van der Waals surface area contributed by atoms with Gasteiger partial charge in [0, 0.05) is 12.8 Å². The van der Waals surface area contributed by atoms with Crippen molar-refractivity contribution in [2.45, 2.75) is 26.2 Å². The van der Waals surface area contributed by atoms with Crippen LogP contribution in [-0.2, 0) is 14.3 Å². The highest BCUT2D eigenvalue weighted by atomic mass is 16.5. The van der Waals surface area contributed by atoms with E-state index in [0.717, 1.165) is 6.42 Å². The van der Waals surface area contributed by atoms with Gasteiger partial charge in [-0.05, 0) is 12.5 Å². The first-order valence-corrected chi connectivity index (χ1v) is 4.34. The van der Waals surface area contributed by atoms with Gasteiger partial charge in [-0.2, -0.15) is 0 Å². The number of rotatable bonds is 3. The lowest BCUT2D eigenvalue weighted by molar-refractivity contribution is -0.142. The summed E-state index contributed by atoms with van der Waals surface area (Å²) in [5, 5.41) is 0. The highest BCUT2D eigenvalue weighted by Gasteiger charge is 2.14. The number of ketones is 1. The zero-order valence-corrected chi connectivity index (χ0v) is 7.58. The maximum atomic E-state index is 11.1. The molecule has 0 N–H and O–H groups in total. The van der Waals surface area contributed by atoms with Crippen molar-refractivity contribution in [3.05, 3.63) is 24.0 Å². The summed E-state index contributed by atoms with van der Waals surface area (Å²) in [6, 6.07) is 0. The van der Waals surface area contributed by atoms with Gasteiger partial charge in [0.25, 0.3) is 0 Å². The van der Waals surface area contributed by atoms with Crippen molar-refractivity contribution < 1.29 is 14.3 Å². The highest BCUT2D eigenvalue weighted by molar-refractivity contribution is 5.97. The minimum Gasteiger partial charge on any atom is -0.423 e. The van der Waals surface area contributed by atoms with Crippen LogP contribution in [0.25, 0.3) is 0 Å². The largest absolute Gasteiger partial charge is 0.423 e. The van der Waals surface area contributed by atoms with E-state index in [1.165, 1.54) is 6.08 Å². The minimum atomic E-state index is -0.336. The van der Waals surface area contributed by atoms with Crippen LogP contribution < -0.4 is 0 Å². The van der Waals surface area contributed by atoms with E-state index in [4.69, 9.17) is 4.74 Å². The van der Waals surface area contributed by atoms with Crippen LogP contribution in [0.5, 0.6) is 0 Å². The second-order valence-corrected chi connectivity index (χ2v) is 2.81. The Labute approximate surface area is 77.1 Å². The Kier molecular flexibility index (Phi) is 3.43. The number of hydrogen-bond acceptors (Lipinski definition) is 3. The monoisotopic (exact) mass is 180 g/mol. The molecule has 0 radical (unpaired) electrons. The molecule has 70 valence electrons. The molecule has 0 unspecified atom stereocenters. The van der Waals surface area contributed by atoms with E-state index in [1.54, 1.807) is 12.2 Å². The lowest BCUT2D eigenvalue weighted by Crippen LogP contribution is -2.12. The minimum absolute atomic E-state index is 0.132. The fraction of sp³-hybridized carbons (Fsp3) is 0.400. The summed E-state index contributed by atoms with van der Waals surface area (Å²) in [4.78, 5) is 22.2. The summed E-state index contributed by atoms with van der Waals surface area (Å²) < 4.78 is 4.87. The first-order chi connectivity index (χ1) is 6.24. The summed E-state index contributed by atoms with van der Waals surface area (Å²) in [5.74, 6) is -0.301. The first-order valence-electron chi connectivity index (χ1n) is 4.34. The van der Waals surface area contributed by atoms with Crippen LogP contribution in [0.4, 0.5) is 0 Å². The molecule has 0 atom stereocenters. The molecular formula is C10H12O3. The lowest BCUT2D eigenvalue weighted by Gasteiger charge is -2.07. The Morgan fingerprint density at radius 1 is 1.62 bits per heavy atom. The number of hydrogen-bond donors (Lipinski definition) is 0. The Morgan fingerprint density at radius 3 is 3.00 bits per heavy atom. The van der Waals surface area contributed by atoms with Gasteiger partial charge in [-0.15, -0.1) is 0 Å². The molecule has 0 aromatic heterocycles. The maximum Gasteiger partial charge on any atom is 0.311 e. The lowest BCUT2D eigenvalue weighted by atomic mass is 10.1. The van der Waals surface area contributed by atoms with Crippen LogP contribution in [0, 0.1) is 0 Å². The number of esters is 1. The van der Waals surface area contributed by atoms with Crippen molar-refractivity contribution in [3.8, 4) is 0 Å². The second kappa shape index (κ2) is 4.60. The molecule has 0 spiro atoms. The number of carbonyl (C=O) groups is 2. The standard InChI is InChI=1S/C10H12O3/c1-2-5-10(12)13-9-7-4-3-6-8(9)11/h3-4,7H,2,5-6H2,1H3. The molecule has 1 rings (SSSR count). The molecular weight excluding hydrogens is 168 g/mol. The van der Waals surface area contributed by atoms with E-state index in [0.29, 0.717) is 12.8 Å². The van der Waals surface area contributed by atoms with Gasteiger partial charge >= 0.3 is 5.97 Å². The van der Waals surface area contributed by atoms with Gasteiger partial charge in [-0.1, -0.05) is 19.1 Å². The molecule has 1 aliphatic rings. The van der Waals surface area contributed by atoms with Gasteiger partial charge < -0.3 is 4.74 Å². The molecule has 13 heavy (non-hydrogen) atoms. The smallest absolute Gasteiger partial charge is 0.311 e. The van der Waals surface area contributed by atoms with Crippen molar-refractivity contribution in [2.24, 2.45) is 0 Å². The van der Waals surface area contributed by atoms with E-state index in [2.05, 4.69) is 0 Å². The topological polar surface area (TPSA) is 43.4 Å². The third-order valence-electron chi connectivity index (χ3n) is 1.64. The Hall–Kier alpha value is -1.38. The summed E-state index contributed by atoms with van der Waals surface area (Å²) in [6.45, 7) is 1.89. The molecule has 0 saturated carbocycles. The van der Waals surface area contributed by atoms with Crippen LogP contribution in [0.1, 0.15) is 26.2 Å². The maximum absolute atomic E-state index is 11.1. The van der Waals surface area contributed by atoms with E-state index in [1.807, 2.05) is 6.92 Å². The predicted octanol–water partition coefficient (Wildman–Crippen LogP) is 1.74. The van der Waals surface area contributed by atoms with Gasteiger partial charge in [-0.3, -0.25) is 9.59 Å². The third-order valence-corrected chi connectivity index (χ3v) is 1.64. The number of ether oxygens (including phenoxy) is 1. The fourth-order valence-corrected chi connectivity index (χ4v) is 0.993. The third kappa shape index (κ3) is 2.86. The number of allylic oxidation sites excluding steroid dienone is 4. The van der Waals surface area contributed by atoms with Crippen LogP contribution >= 0.6 is 0 Å². The Bertz CT molecular complexity index is 274. The van der Waals surface area contributed by atoms with E-state index >= 15 is 0 Å². The summed E-state index contributed by atoms with van der Waals surface area (Å²) >= 11 is 0. The fourth-order valence-electron chi connectivity index (χ4n) is 0.993. The zero-order chi connectivity index (χ0) is 9.68. The van der Waals surface area contributed by atoms with Crippen LogP contribution in [0.2, 0.25) is 0 Å². The van der Waals surface area contributed by atoms with Crippen molar-refractivity contribution in [2.75, 3.05) is 0 Å². The van der Waals surface area contributed by atoms with E-state index in [9.17, 15) is 9.59 Å². The molecule has 3 heteroatoms. The zero-order valence-electron chi connectivity index (χ0n) is 7.58. The molecule has 0 fully saturated rings. The average Bonchev–Trinajstić information content (AvgIpc) is 2.09. The number of carbonyl (C=O) groups excluding carboxylic acids is 2. The van der Waals surface area contributed by atoms with Gasteiger partial charge in [0.1, 0.15) is 0 Å². The summed E-state index contributed by atoms with van der Waals surface area (Å²) in [5.41, 5.74) is 0. The van der Waals surface area contributed by atoms with Crippen LogP contribution in [0.15, 0.2) is 24.0 Å². The molecule has 0 amide bonds. The second-order valence-electron chi connectivity index (χ2n) is 2.81. The van der Waals surface area contributed by atoms with Gasteiger partial charge in [0.05, 0.1) is 0 Å². The van der Waals surface area contributed by atoms with E-state index < -0.39 is 0 Å². The van der Waals surface area contributed by atoms with Crippen molar-refractivity contribution in [1.29, 1.82) is 0 Å². The van der Waals surface area contributed by atoms with Crippen molar-refractivity contribution in [1.82, 2.24) is 0 Å². The molecule has 0 aliphatic heterocycles. The quantitative estimate of drug-likeness (QED) is 0.621.